The number of benzene rings is 1. The molecule has 2 aliphatic rings. The molecule has 0 amide bonds. The van der Waals surface area contributed by atoms with Crippen molar-refractivity contribution in [2.24, 2.45) is 0 Å². The molecule has 0 aromatic heterocycles. The van der Waals surface area contributed by atoms with E-state index >= 15 is 0 Å². The Kier molecular flexibility index (Phi) is 6.57. The average Bonchev–Trinajstić information content (AvgIpc) is 2.64. The van der Waals surface area contributed by atoms with Crippen LogP contribution < -0.4 is 4.74 Å². The third kappa shape index (κ3) is 4.46. The largest absolute Gasteiger partial charge is 0.507 e. The van der Waals surface area contributed by atoms with Crippen molar-refractivity contribution in [3.8, 4) is 11.5 Å². The SMILES string of the molecule is COc1cccc(O)c1CN1CCN(C2CCCCC2)[C@H](CCO)C1. The van der Waals surface area contributed by atoms with Gasteiger partial charge in [0.1, 0.15) is 11.5 Å². The number of hydrogen-bond donors (Lipinski definition) is 2. The number of piperazine rings is 1. The van der Waals surface area contributed by atoms with E-state index in [0.29, 0.717) is 24.4 Å². The van der Waals surface area contributed by atoms with E-state index in [0.717, 1.165) is 37.4 Å². The van der Waals surface area contributed by atoms with Crippen molar-refractivity contribution >= 4 is 0 Å². The predicted octanol–water partition coefficient (Wildman–Crippen LogP) is 2.60. The second-order valence-corrected chi connectivity index (χ2v) is 7.39. The lowest BCUT2D eigenvalue weighted by atomic mass is 9.91. The van der Waals surface area contributed by atoms with Gasteiger partial charge in [0.2, 0.25) is 0 Å². The van der Waals surface area contributed by atoms with Crippen molar-refractivity contribution in [1.82, 2.24) is 9.80 Å². The van der Waals surface area contributed by atoms with Crippen LogP contribution in [0.15, 0.2) is 18.2 Å². The number of phenolic OH excluding ortho intramolecular Hbond substituents is 1. The van der Waals surface area contributed by atoms with Crippen molar-refractivity contribution in [1.29, 1.82) is 0 Å². The first-order valence-corrected chi connectivity index (χ1v) is 9.66. The smallest absolute Gasteiger partial charge is 0.127 e. The summed E-state index contributed by atoms with van der Waals surface area (Å²) < 4.78 is 5.42. The Bertz CT molecular complexity index is 546. The molecular weight excluding hydrogens is 316 g/mol. The molecule has 5 nitrogen and oxygen atoms in total. The number of ether oxygens (including phenoxy) is 1. The average molecular weight is 348 g/mol. The van der Waals surface area contributed by atoms with Gasteiger partial charge in [-0.3, -0.25) is 9.80 Å². The number of hydrogen-bond acceptors (Lipinski definition) is 5. The second kappa shape index (κ2) is 8.88. The Labute approximate surface area is 151 Å². The minimum absolute atomic E-state index is 0.238. The van der Waals surface area contributed by atoms with E-state index in [2.05, 4.69) is 9.80 Å². The molecule has 1 saturated carbocycles. The molecule has 1 saturated heterocycles. The molecule has 0 unspecified atom stereocenters. The zero-order valence-electron chi connectivity index (χ0n) is 15.4. The standard InChI is InChI=1S/C20H32N2O3/c1-25-20-9-5-8-19(24)18(20)15-21-11-12-22(17(14-21)10-13-23)16-6-3-2-4-7-16/h5,8-9,16-17,23-24H,2-4,6-7,10-15H2,1H3/t17-/m1/s1. The number of rotatable bonds is 6. The highest BCUT2D eigenvalue weighted by Gasteiger charge is 2.32. The lowest BCUT2D eigenvalue weighted by molar-refractivity contribution is 0.0132. The van der Waals surface area contributed by atoms with Crippen LogP contribution in [0.3, 0.4) is 0 Å². The van der Waals surface area contributed by atoms with Crippen LogP contribution in [0.2, 0.25) is 0 Å². The number of nitrogens with zero attached hydrogens (tertiary/aromatic N) is 2. The number of aliphatic hydroxyl groups is 1. The van der Waals surface area contributed by atoms with Gasteiger partial charge in [-0.15, -0.1) is 0 Å². The molecule has 1 aromatic carbocycles. The number of aromatic hydroxyl groups is 1. The quantitative estimate of drug-likeness (QED) is 0.828. The highest BCUT2D eigenvalue weighted by atomic mass is 16.5. The van der Waals surface area contributed by atoms with Gasteiger partial charge in [0.15, 0.2) is 0 Å². The van der Waals surface area contributed by atoms with Gasteiger partial charge in [-0.05, 0) is 31.4 Å². The summed E-state index contributed by atoms with van der Waals surface area (Å²) >= 11 is 0. The lowest BCUT2D eigenvalue weighted by Gasteiger charge is -2.46. The first-order chi connectivity index (χ1) is 12.2. The molecule has 1 aliphatic heterocycles. The first kappa shape index (κ1) is 18.5. The van der Waals surface area contributed by atoms with Crippen LogP contribution >= 0.6 is 0 Å². The van der Waals surface area contributed by atoms with Gasteiger partial charge in [0.25, 0.3) is 0 Å². The highest BCUT2D eigenvalue weighted by Crippen LogP contribution is 2.31. The molecule has 1 atom stereocenters. The molecule has 1 heterocycles. The van der Waals surface area contributed by atoms with Crippen LogP contribution in [0.4, 0.5) is 0 Å². The second-order valence-electron chi connectivity index (χ2n) is 7.39. The van der Waals surface area contributed by atoms with Gasteiger partial charge in [-0.2, -0.15) is 0 Å². The maximum Gasteiger partial charge on any atom is 0.127 e. The van der Waals surface area contributed by atoms with Gasteiger partial charge < -0.3 is 14.9 Å². The van der Waals surface area contributed by atoms with E-state index in [1.165, 1.54) is 32.1 Å². The number of methoxy groups -OCH3 is 1. The molecule has 140 valence electrons. The number of aliphatic hydroxyl groups excluding tert-OH is 1. The Morgan fingerprint density at radius 1 is 1.16 bits per heavy atom. The van der Waals surface area contributed by atoms with Crippen LogP contribution in [0.1, 0.15) is 44.1 Å². The summed E-state index contributed by atoms with van der Waals surface area (Å²) in [6.07, 6.45) is 7.47. The van der Waals surface area contributed by atoms with Crippen LogP contribution in [0, 0.1) is 0 Å². The molecular formula is C20H32N2O3. The van der Waals surface area contributed by atoms with Gasteiger partial charge in [0.05, 0.1) is 7.11 Å². The summed E-state index contributed by atoms with van der Waals surface area (Å²) in [7, 11) is 1.65. The summed E-state index contributed by atoms with van der Waals surface area (Å²) in [5.41, 5.74) is 0.860. The van der Waals surface area contributed by atoms with E-state index in [1.54, 1.807) is 13.2 Å². The van der Waals surface area contributed by atoms with Crippen LogP contribution in [-0.4, -0.2) is 65.4 Å². The summed E-state index contributed by atoms with van der Waals surface area (Å²) in [5.74, 6) is 1.04. The van der Waals surface area contributed by atoms with Gasteiger partial charge >= 0.3 is 0 Å². The Morgan fingerprint density at radius 2 is 1.96 bits per heavy atom. The summed E-state index contributed by atoms with van der Waals surface area (Å²) in [6.45, 7) is 3.91. The van der Waals surface area contributed by atoms with Gasteiger partial charge in [0, 0.05) is 50.4 Å². The summed E-state index contributed by atoms with van der Waals surface area (Å²) in [6, 6.07) is 6.53. The Hall–Kier alpha value is -1.30. The maximum atomic E-state index is 10.2. The minimum atomic E-state index is 0.238. The minimum Gasteiger partial charge on any atom is -0.507 e. The van der Waals surface area contributed by atoms with E-state index in [1.807, 2.05) is 12.1 Å². The highest BCUT2D eigenvalue weighted by molar-refractivity contribution is 5.43. The Balaban J connectivity index is 1.67. The van der Waals surface area contributed by atoms with Crippen molar-refractivity contribution in [2.75, 3.05) is 33.4 Å². The summed E-state index contributed by atoms with van der Waals surface area (Å²) in [5, 5.41) is 19.8. The van der Waals surface area contributed by atoms with E-state index < -0.39 is 0 Å². The fraction of sp³-hybridized carbons (Fsp3) is 0.700. The molecule has 0 bridgehead atoms. The molecule has 3 rings (SSSR count). The molecule has 2 fully saturated rings. The molecule has 1 aliphatic carbocycles. The van der Waals surface area contributed by atoms with Crippen molar-refractivity contribution in [3.05, 3.63) is 23.8 Å². The zero-order valence-corrected chi connectivity index (χ0v) is 15.4. The first-order valence-electron chi connectivity index (χ1n) is 9.66. The van der Waals surface area contributed by atoms with Gasteiger partial charge in [-0.25, -0.2) is 0 Å². The lowest BCUT2D eigenvalue weighted by Crippen LogP contribution is -2.56. The molecule has 0 radical (unpaired) electrons. The Morgan fingerprint density at radius 3 is 2.68 bits per heavy atom. The summed E-state index contributed by atoms with van der Waals surface area (Å²) in [4.78, 5) is 5.03. The molecule has 0 spiro atoms. The predicted molar refractivity (Wildman–Crippen MR) is 99.0 cm³/mol. The van der Waals surface area contributed by atoms with E-state index in [4.69, 9.17) is 4.74 Å². The molecule has 5 heteroatoms. The fourth-order valence-electron chi connectivity index (χ4n) is 4.50. The molecule has 2 N–H and O–H groups in total. The third-order valence-electron chi connectivity index (χ3n) is 5.83. The third-order valence-corrected chi connectivity index (χ3v) is 5.83. The molecule has 1 aromatic rings. The normalized spacial score (nSPS) is 23.7. The van der Waals surface area contributed by atoms with E-state index in [9.17, 15) is 10.2 Å². The van der Waals surface area contributed by atoms with Gasteiger partial charge in [-0.1, -0.05) is 25.3 Å². The van der Waals surface area contributed by atoms with Crippen LogP contribution in [0.5, 0.6) is 11.5 Å². The monoisotopic (exact) mass is 348 g/mol. The van der Waals surface area contributed by atoms with E-state index in [-0.39, 0.29) is 6.61 Å². The molecule has 25 heavy (non-hydrogen) atoms. The topological polar surface area (TPSA) is 56.2 Å². The fourth-order valence-corrected chi connectivity index (χ4v) is 4.50. The van der Waals surface area contributed by atoms with Crippen LogP contribution in [0.25, 0.3) is 0 Å². The zero-order chi connectivity index (χ0) is 17.6. The number of phenols is 1. The maximum absolute atomic E-state index is 10.2. The van der Waals surface area contributed by atoms with Crippen molar-refractivity contribution in [2.45, 2.75) is 57.2 Å². The van der Waals surface area contributed by atoms with Crippen molar-refractivity contribution < 1.29 is 14.9 Å². The van der Waals surface area contributed by atoms with Crippen molar-refractivity contribution in [3.63, 3.8) is 0 Å². The van der Waals surface area contributed by atoms with Crippen LogP contribution in [-0.2, 0) is 6.54 Å².